The van der Waals surface area contributed by atoms with E-state index in [0.29, 0.717) is 13.2 Å². The summed E-state index contributed by atoms with van der Waals surface area (Å²) in [4.78, 5) is 1.89. The van der Waals surface area contributed by atoms with Crippen molar-refractivity contribution in [2.45, 2.75) is 31.8 Å². The molecule has 0 bridgehead atoms. The van der Waals surface area contributed by atoms with E-state index in [9.17, 15) is 10.2 Å². The third kappa shape index (κ3) is 2.84. The van der Waals surface area contributed by atoms with Crippen LogP contribution in [0.5, 0.6) is 0 Å². The Morgan fingerprint density at radius 1 is 1.35 bits per heavy atom. The molecule has 2 rings (SSSR count). The van der Waals surface area contributed by atoms with Gasteiger partial charge in [-0.25, -0.2) is 0 Å². The molecule has 2 N–H and O–H groups in total. The van der Waals surface area contributed by atoms with Gasteiger partial charge in [0.2, 0.25) is 0 Å². The molecule has 3 unspecified atom stereocenters. The lowest BCUT2D eigenvalue weighted by Gasteiger charge is -2.41. The molecule has 17 heavy (non-hydrogen) atoms. The monoisotopic (exact) mass is 237 g/mol. The lowest BCUT2D eigenvalue weighted by molar-refractivity contribution is -0.185. The van der Waals surface area contributed by atoms with E-state index >= 15 is 0 Å². The fourth-order valence-electron chi connectivity index (χ4n) is 2.10. The molecule has 0 spiro atoms. The summed E-state index contributed by atoms with van der Waals surface area (Å²) in [6, 6.07) is 9.80. The summed E-state index contributed by atoms with van der Waals surface area (Å²) in [7, 11) is 0. The van der Waals surface area contributed by atoms with Crippen molar-refractivity contribution in [3.8, 4) is 0 Å². The van der Waals surface area contributed by atoms with E-state index in [0.717, 1.165) is 5.56 Å². The van der Waals surface area contributed by atoms with Crippen molar-refractivity contribution in [1.82, 2.24) is 4.90 Å². The van der Waals surface area contributed by atoms with Gasteiger partial charge in [-0.05, 0) is 12.5 Å². The summed E-state index contributed by atoms with van der Waals surface area (Å²) in [6.07, 6.45) is -0.886. The van der Waals surface area contributed by atoms with Gasteiger partial charge >= 0.3 is 0 Å². The Bertz CT molecular complexity index is 342. The Kier molecular flexibility index (Phi) is 4.12. The minimum Gasteiger partial charge on any atom is -0.395 e. The van der Waals surface area contributed by atoms with Gasteiger partial charge in [0.25, 0.3) is 0 Å². The van der Waals surface area contributed by atoms with Crippen LogP contribution in [0.25, 0.3) is 0 Å². The van der Waals surface area contributed by atoms with E-state index in [1.54, 1.807) is 0 Å². The average molecular weight is 237 g/mol. The summed E-state index contributed by atoms with van der Waals surface area (Å²) in [5.41, 5.74) is 1.12. The molecule has 0 radical (unpaired) electrons. The van der Waals surface area contributed by atoms with Crippen LogP contribution < -0.4 is 0 Å². The van der Waals surface area contributed by atoms with Crippen LogP contribution in [-0.2, 0) is 11.3 Å². The minimum atomic E-state index is -0.666. The quantitative estimate of drug-likeness (QED) is 0.807. The highest BCUT2D eigenvalue weighted by molar-refractivity contribution is 5.14. The van der Waals surface area contributed by atoms with Crippen LogP contribution in [0.3, 0.4) is 0 Å². The number of aliphatic hydroxyl groups excluding tert-OH is 2. The molecule has 4 nitrogen and oxygen atoms in total. The third-order valence-corrected chi connectivity index (χ3v) is 3.20. The molecule has 0 aliphatic carbocycles. The summed E-state index contributed by atoms with van der Waals surface area (Å²) >= 11 is 0. The molecule has 1 saturated heterocycles. The molecule has 3 atom stereocenters. The van der Waals surface area contributed by atoms with E-state index in [-0.39, 0.29) is 18.8 Å². The van der Waals surface area contributed by atoms with Gasteiger partial charge in [0.1, 0.15) is 6.23 Å². The topological polar surface area (TPSA) is 52.9 Å². The first-order valence-electron chi connectivity index (χ1n) is 5.92. The number of benzene rings is 1. The Morgan fingerprint density at radius 3 is 2.71 bits per heavy atom. The van der Waals surface area contributed by atoms with Crippen LogP contribution in [0.15, 0.2) is 30.3 Å². The molecule has 1 aliphatic rings. The first-order valence-corrected chi connectivity index (χ1v) is 5.92. The molecule has 1 aromatic carbocycles. The highest BCUT2D eigenvalue weighted by Crippen LogP contribution is 2.19. The zero-order chi connectivity index (χ0) is 12.3. The molecule has 0 aromatic heterocycles. The van der Waals surface area contributed by atoms with Crippen LogP contribution >= 0.6 is 0 Å². The van der Waals surface area contributed by atoms with Gasteiger partial charge in [-0.1, -0.05) is 30.3 Å². The van der Waals surface area contributed by atoms with E-state index in [1.165, 1.54) is 0 Å². The summed E-state index contributed by atoms with van der Waals surface area (Å²) in [5, 5.41) is 19.4. The predicted molar refractivity (Wildman–Crippen MR) is 64.3 cm³/mol. The van der Waals surface area contributed by atoms with Gasteiger partial charge in [0.15, 0.2) is 0 Å². The molecule has 4 heteroatoms. The summed E-state index contributed by atoms with van der Waals surface area (Å²) < 4.78 is 5.41. The van der Waals surface area contributed by atoms with Crippen molar-refractivity contribution < 1.29 is 14.9 Å². The van der Waals surface area contributed by atoms with E-state index < -0.39 is 6.23 Å². The Morgan fingerprint density at radius 2 is 2.06 bits per heavy atom. The number of aliphatic hydroxyl groups is 2. The number of rotatable bonds is 3. The largest absolute Gasteiger partial charge is 0.395 e. The number of ether oxygens (including phenoxy) is 1. The summed E-state index contributed by atoms with van der Waals surface area (Å²) in [6.45, 7) is 2.93. The lowest BCUT2D eigenvalue weighted by atomic mass is 10.1. The standard InChI is InChI=1S/C13H19NO3/c1-10-13(16)14(12(8-15)9-17-10)7-11-5-3-2-4-6-11/h2-6,10,12-13,15-16H,7-9H2,1H3. The SMILES string of the molecule is CC1OCC(CO)N(Cc2ccccc2)C1O. The first-order chi connectivity index (χ1) is 8.22. The van der Waals surface area contributed by atoms with Crippen LogP contribution in [0.4, 0.5) is 0 Å². The van der Waals surface area contributed by atoms with Gasteiger partial charge in [-0.15, -0.1) is 0 Å². The molecule has 1 aliphatic heterocycles. The molecular weight excluding hydrogens is 218 g/mol. The first kappa shape index (κ1) is 12.5. The van der Waals surface area contributed by atoms with Crippen LogP contribution in [0, 0.1) is 0 Å². The second-order valence-corrected chi connectivity index (χ2v) is 4.45. The van der Waals surface area contributed by atoms with Crippen molar-refractivity contribution in [3.63, 3.8) is 0 Å². The average Bonchev–Trinajstić information content (AvgIpc) is 2.37. The Balaban J connectivity index is 2.10. The van der Waals surface area contributed by atoms with Crippen molar-refractivity contribution in [2.75, 3.05) is 13.2 Å². The maximum Gasteiger partial charge on any atom is 0.134 e. The molecular formula is C13H19NO3. The van der Waals surface area contributed by atoms with Crippen molar-refractivity contribution >= 4 is 0 Å². The normalized spacial score (nSPS) is 30.4. The lowest BCUT2D eigenvalue weighted by Crippen LogP contribution is -2.56. The number of hydrogen-bond donors (Lipinski definition) is 2. The minimum absolute atomic E-state index is 0.00336. The van der Waals surface area contributed by atoms with Crippen LogP contribution in [0.1, 0.15) is 12.5 Å². The van der Waals surface area contributed by atoms with Crippen LogP contribution in [-0.4, -0.2) is 46.7 Å². The fourth-order valence-corrected chi connectivity index (χ4v) is 2.10. The number of morpholine rings is 1. The van der Waals surface area contributed by atoms with Gasteiger partial charge in [-0.2, -0.15) is 0 Å². The molecule has 1 heterocycles. The molecule has 1 fully saturated rings. The highest BCUT2D eigenvalue weighted by atomic mass is 16.5. The van der Waals surface area contributed by atoms with Gasteiger partial charge in [-0.3, -0.25) is 4.90 Å². The highest BCUT2D eigenvalue weighted by Gasteiger charge is 2.34. The van der Waals surface area contributed by atoms with E-state index in [4.69, 9.17) is 4.74 Å². The molecule has 0 saturated carbocycles. The zero-order valence-corrected chi connectivity index (χ0v) is 9.99. The van der Waals surface area contributed by atoms with E-state index in [1.807, 2.05) is 42.2 Å². The number of hydrogen-bond acceptors (Lipinski definition) is 4. The smallest absolute Gasteiger partial charge is 0.134 e. The Hall–Kier alpha value is -0.940. The number of nitrogens with zero attached hydrogens (tertiary/aromatic N) is 1. The van der Waals surface area contributed by atoms with Crippen molar-refractivity contribution in [1.29, 1.82) is 0 Å². The second-order valence-electron chi connectivity index (χ2n) is 4.45. The van der Waals surface area contributed by atoms with Gasteiger partial charge in [0, 0.05) is 6.54 Å². The van der Waals surface area contributed by atoms with Gasteiger partial charge in [0.05, 0.1) is 25.4 Å². The maximum atomic E-state index is 10.1. The van der Waals surface area contributed by atoms with Crippen LogP contribution in [0.2, 0.25) is 0 Å². The second kappa shape index (κ2) is 5.60. The zero-order valence-electron chi connectivity index (χ0n) is 9.99. The fraction of sp³-hybridized carbons (Fsp3) is 0.538. The third-order valence-electron chi connectivity index (χ3n) is 3.20. The van der Waals surface area contributed by atoms with Gasteiger partial charge < -0.3 is 14.9 Å². The maximum absolute atomic E-state index is 10.1. The summed E-state index contributed by atoms with van der Waals surface area (Å²) in [5.74, 6) is 0. The van der Waals surface area contributed by atoms with Crippen molar-refractivity contribution in [3.05, 3.63) is 35.9 Å². The van der Waals surface area contributed by atoms with Crippen molar-refractivity contribution in [2.24, 2.45) is 0 Å². The molecule has 1 aromatic rings. The molecule has 94 valence electrons. The Labute approximate surface area is 101 Å². The van der Waals surface area contributed by atoms with E-state index in [2.05, 4.69) is 0 Å². The molecule has 0 amide bonds. The predicted octanol–water partition coefficient (Wildman–Crippen LogP) is 0.587.